The Hall–Kier alpha value is -2.21. The van der Waals surface area contributed by atoms with Crippen molar-refractivity contribution < 1.29 is 28.4 Å². The third kappa shape index (κ3) is 4.86. The summed E-state index contributed by atoms with van der Waals surface area (Å²) in [6.45, 7) is 2.18. The van der Waals surface area contributed by atoms with Crippen LogP contribution in [0.15, 0.2) is 36.4 Å². The summed E-state index contributed by atoms with van der Waals surface area (Å²) in [5.41, 5.74) is 1.31. The van der Waals surface area contributed by atoms with E-state index < -0.39 is 13.2 Å². The molecule has 2 aromatic rings. The number of hydrogen-bond acceptors (Lipinski definition) is 7. The van der Waals surface area contributed by atoms with Gasteiger partial charge in [0.05, 0.1) is 27.9 Å². The van der Waals surface area contributed by atoms with Gasteiger partial charge in [-0.3, -0.25) is 4.57 Å². The fraction of sp³-hybridized carbons (Fsp3) is 0.429. The summed E-state index contributed by atoms with van der Waals surface area (Å²) in [6, 6.07) is 10.3. The van der Waals surface area contributed by atoms with Gasteiger partial charge in [-0.1, -0.05) is 6.92 Å². The second-order valence-electron chi connectivity index (χ2n) is 6.67. The van der Waals surface area contributed by atoms with Crippen LogP contribution in [0.4, 0.5) is 5.69 Å². The lowest BCUT2D eigenvalue weighted by atomic mass is 10.2. The van der Waals surface area contributed by atoms with Crippen LogP contribution in [0.3, 0.4) is 0 Å². The van der Waals surface area contributed by atoms with E-state index in [1.165, 1.54) is 21.3 Å². The highest BCUT2D eigenvalue weighted by atomic mass is 31.2. The Bertz CT molecular complexity index is 828. The molecule has 0 saturated heterocycles. The van der Waals surface area contributed by atoms with Crippen molar-refractivity contribution in [3.8, 4) is 17.2 Å². The molecule has 160 valence electrons. The summed E-state index contributed by atoms with van der Waals surface area (Å²) in [6.07, 6.45) is 0.668. The molecule has 0 unspecified atom stereocenters. The molecule has 29 heavy (non-hydrogen) atoms. The van der Waals surface area contributed by atoms with Crippen molar-refractivity contribution in [2.45, 2.75) is 19.2 Å². The maximum atomic E-state index is 13.9. The Morgan fingerprint density at radius 1 is 1.00 bits per heavy atom. The number of anilines is 1. The Morgan fingerprint density at radius 2 is 1.55 bits per heavy atom. The van der Waals surface area contributed by atoms with Crippen molar-refractivity contribution in [3.63, 3.8) is 0 Å². The maximum absolute atomic E-state index is 13.9. The first-order chi connectivity index (χ1) is 13.8. The summed E-state index contributed by atoms with van der Waals surface area (Å²) >= 11 is 0. The zero-order chi connectivity index (χ0) is 21.6. The first kappa shape index (κ1) is 23.1. The van der Waals surface area contributed by atoms with E-state index in [-0.39, 0.29) is 6.61 Å². The predicted molar refractivity (Wildman–Crippen MR) is 115 cm³/mol. The van der Waals surface area contributed by atoms with E-state index in [1.54, 1.807) is 24.3 Å². The summed E-state index contributed by atoms with van der Waals surface area (Å²) in [5.74, 6) is -0.268. The van der Waals surface area contributed by atoms with Gasteiger partial charge in [0.15, 0.2) is 17.3 Å². The van der Waals surface area contributed by atoms with E-state index in [1.807, 2.05) is 38.1 Å². The SMILES string of the molecule is CCCO[P@@](=O)(c1ccc(N(C)C)cc1)[C@@H](O)c1cc(OC)c(OC)c(OC)c1. The van der Waals surface area contributed by atoms with Crippen LogP contribution in [-0.4, -0.2) is 47.1 Å². The van der Waals surface area contributed by atoms with Crippen molar-refractivity contribution >= 4 is 18.4 Å². The number of hydrogen-bond donors (Lipinski definition) is 1. The molecule has 7 nitrogen and oxygen atoms in total. The van der Waals surface area contributed by atoms with E-state index in [0.717, 1.165) is 5.69 Å². The predicted octanol–water partition coefficient (Wildman–Crippen LogP) is 3.80. The highest BCUT2D eigenvalue weighted by molar-refractivity contribution is 7.67. The zero-order valence-electron chi connectivity index (χ0n) is 17.8. The zero-order valence-corrected chi connectivity index (χ0v) is 18.7. The molecule has 0 saturated carbocycles. The molecule has 0 aliphatic rings. The van der Waals surface area contributed by atoms with E-state index >= 15 is 0 Å². The van der Waals surface area contributed by atoms with Gasteiger partial charge in [-0.25, -0.2) is 0 Å². The topological polar surface area (TPSA) is 77.5 Å². The van der Waals surface area contributed by atoms with Gasteiger partial charge in [0.2, 0.25) is 5.75 Å². The molecule has 8 heteroatoms. The van der Waals surface area contributed by atoms with Crippen LogP contribution < -0.4 is 24.4 Å². The van der Waals surface area contributed by atoms with Crippen LogP contribution in [-0.2, 0) is 9.09 Å². The molecule has 0 heterocycles. The van der Waals surface area contributed by atoms with E-state index in [9.17, 15) is 9.67 Å². The highest BCUT2D eigenvalue weighted by Gasteiger charge is 2.37. The van der Waals surface area contributed by atoms with Crippen molar-refractivity contribution in [1.82, 2.24) is 0 Å². The lowest BCUT2D eigenvalue weighted by molar-refractivity contribution is 0.213. The number of nitrogens with zero attached hydrogens (tertiary/aromatic N) is 1. The number of aliphatic hydroxyl groups is 1. The van der Waals surface area contributed by atoms with Gasteiger partial charge in [-0.2, -0.15) is 0 Å². The number of aliphatic hydroxyl groups excluding tert-OH is 1. The minimum absolute atomic E-state index is 0.258. The number of rotatable bonds is 10. The van der Waals surface area contributed by atoms with Crippen LogP contribution in [0.5, 0.6) is 17.2 Å². The van der Waals surface area contributed by atoms with Crippen molar-refractivity contribution in [2.75, 3.05) is 46.9 Å². The molecule has 0 radical (unpaired) electrons. The number of methoxy groups -OCH3 is 3. The molecule has 0 fully saturated rings. The average Bonchev–Trinajstić information content (AvgIpc) is 2.75. The smallest absolute Gasteiger partial charge is 0.264 e. The average molecular weight is 423 g/mol. The van der Waals surface area contributed by atoms with Gasteiger partial charge in [-0.05, 0) is 48.4 Å². The van der Waals surface area contributed by atoms with Crippen LogP contribution in [0, 0.1) is 0 Å². The third-order valence-corrected chi connectivity index (χ3v) is 7.05. The Labute approximate surface area is 172 Å². The van der Waals surface area contributed by atoms with Gasteiger partial charge >= 0.3 is 0 Å². The number of ether oxygens (including phenoxy) is 3. The largest absolute Gasteiger partial charge is 0.493 e. The lowest BCUT2D eigenvalue weighted by Gasteiger charge is -2.26. The molecule has 1 N–H and O–H groups in total. The molecule has 0 aliphatic carbocycles. The van der Waals surface area contributed by atoms with Gasteiger partial charge in [-0.15, -0.1) is 0 Å². The molecule has 2 rings (SSSR count). The fourth-order valence-corrected chi connectivity index (χ4v) is 5.05. The molecule has 0 bridgehead atoms. The van der Waals surface area contributed by atoms with Crippen molar-refractivity contribution in [1.29, 1.82) is 0 Å². The fourth-order valence-electron chi connectivity index (χ4n) is 2.92. The monoisotopic (exact) mass is 423 g/mol. The van der Waals surface area contributed by atoms with Gasteiger partial charge < -0.3 is 28.7 Å². The summed E-state index contributed by atoms with van der Waals surface area (Å²) < 4.78 is 35.7. The molecule has 0 amide bonds. The van der Waals surface area contributed by atoms with Gasteiger partial charge in [0, 0.05) is 25.1 Å². The molecular weight excluding hydrogens is 393 g/mol. The van der Waals surface area contributed by atoms with E-state index in [0.29, 0.717) is 34.5 Å². The molecule has 0 aliphatic heterocycles. The second-order valence-corrected chi connectivity index (χ2v) is 9.13. The van der Waals surface area contributed by atoms with E-state index in [2.05, 4.69) is 0 Å². The number of benzene rings is 2. The summed E-state index contributed by atoms with van der Waals surface area (Å²) in [7, 11) is 4.67. The molecule has 0 aromatic heterocycles. The quantitative estimate of drug-likeness (QED) is 0.583. The maximum Gasteiger partial charge on any atom is 0.264 e. The third-order valence-electron chi connectivity index (χ3n) is 4.52. The second kappa shape index (κ2) is 10.0. The normalized spacial score (nSPS) is 14.0. The molecular formula is C21H30NO6P. The van der Waals surface area contributed by atoms with Gasteiger partial charge in [0.25, 0.3) is 7.37 Å². The summed E-state index contributed by atoms with van der Waals surface area (Å²) in [5, 5.41) is 11.6. The highest BCUT2D eigenvalue weighted by Crippen LogP contribution is 2.59. The van der Waals surface area contributed by atoms with Crippen LogP contribution in [0.2, 0.25) is 0 Å². The molecule has 0 spiro atoms. The minimum atomic E-state index is -3.65. The molecule has 2 atom stereocenters. The van der Waals surface area contributed by atoms with Crippen molar-refractivity contribution in [3.05, 3.63) is 42.0 Å². The standard InChI is InChI=1S/C21H30NO6P/c1-7-12-28-29(24,17-10-8-16(9-11-17)22(2)3)21(23)15-13-18(25-4)20(27-6)19(14-15)26-5/h8-11,13-14,21,23H,7,12H2,1-6H3/t21-,29+/m1/s1. The Kier molecular flexibility index (Phi) is 7.96. The van der Waals surface area contributed by atoms with Gasteiger partial charge in [0.1, 0.15) is 0 Å². The van der Waals surface area contributed by atoms with Crippen LogP contribution in [0.1, 0.15) is 24.8 Å². The van der Waals surface area contributed by atoms with Crippen LogP contribution in [0.25, 0.3) is 0 Å². The lowest BCUT2D eigenvalue weighted by Crippen LogP contribution is -2.16. The van der Waals surface area contributed by atoms with E-state index in [4.69, 9.17) is 18.7 Å². The minimum Gasteiger partial charge on any atom is -0.493 e. The van der Waals surface area contributed by atoms with Crippen molar-refractivity contribution in [2.24, 2.45) is 0 Å². The first-order valence-corrected chi connectivity index (χ1v) is 11.0. The Morgan fingerprint density at radius 3 is 1.97 bits per heavy atom. The van der Waals surface area contributed by atoms with Crippen LogP contribution >= 0.6 is 7.37 Å². The summed E-state index contributed by atoms with van der Waals surface area (Å²) in [4.78, 5) is 1.94. The Balaban J connectivity index is 2.55. The first-order valence-electron chi connectivity index (χ1n) is 9.32. The molecule has 2 aromatic carbocycles.